The van der Waals surface area contributed by atoms with Crippen LogP contribution >= 0.6 is 11.3 Å². The highest BCUT2D eigenvalue weighted by Crippen LogP contribution is 2.45. The zero-order valence-electron chi connectivity index (χ0n) is 7.98. The van der Waals surface area contributed by atoms with Crippen molar-refractivity contribution in [1.82, 2.24) is 0 Å². The van der Waals surface area contributed by atoms with Crippen molar-refractivity contribution in [2.24, 2.45) is 5.92 Å². The van der Waals surface area contributed by atoms with Crippen LogP contribution in [-0.4, -0.2) is 11.1 Å². The maximum Gasteiger partial charge on any atom is 0.303 e. The highest BCUT2D eigenvalue weighted by molar-refractivity contribution is 7.10. The van der Waals surface area contributed by atoms with Crippen LogP contribution in [0, 0.1) is 5.92 Å². The Morgan fingerprint density at radius 3 is 2.93 bits per heavy atom. The molecular weight excluding hydrogens is 196 g/mol. The number of carbonyl (C=O) groups is 1. The average Bonchev–Trinajstić information content (AvgIpc) is 2.53. The van der Waals surface area contributed by atoms with Gasteiger partial charge in [0.15, 0.2) is 0 Å². The maximum atomic E-state index is 10.4. The molecule has 1 aliphatic rings. The summed E-state index contributed by atoms with van der Waals surface area (Å²) in [6.07, 6.45) is 3.57. The molecule has 2 nitrogen and oxygen atoms in total. The standard InChI is InChI=1S/C11H14O2S/c12-11(13)4-3-8-6-9(7-8)10-2-1-5-14-10/h1-2,5,8-9H,3-4,6-7H2,(H,12,13). The van der Waals surface area contributed by atoms with E-state index in [2.05, 4.69) is 17.5 Å². The van der Waals surface area contributed by atoms with Gasteiger partial charge in [0.2, 0.25) is 0 Å². The molecule has 1 aromatic rings. The van der Waals surface area contributed by atoms with Crippen molar-refractivity contribution in [2.45, 2.75) is 31.6 Å². The normalized spacial score (nSPS) is 25.7. The van der Waals surface area contributed by atoms with Crippen molar-refractivity contribution >= 4 is 17.3 Å². The van der Waals surface area contributed by atoms with E-state index in [1.807, 2.05) is 11.3 Å². The largest absolute Gasteiger partial charge is 0.481 e. The molecule has 1 heterocycles. The summed E-state index contributed by atoms with van der Waals surface area (Å²) < 4.78 is 0. The fourth-order valence-corrected chi connectivity index (χ4v) is 2.91. The number of hydrogen-bond donors (Lipinski definition) is 1. The summed E-state index contributed by atoms with van der Waals surface area (Å²) in [5.41, 5.74) is 0. The molecule has 0 aromatic carbocycles. The van der Waals surface area contributed by atoms with Gasteiger partial charge in [-0.25, -0.2) is 0 Å². The van der Waals surface area contributed by atoms with Crippen molar-refractivity contribution in [3.8, 4) is 0 Å². The van der Waals surface area contributed by atoms with Crippen molar-refractivity contribution < 1.29 is 9.90 Å². The molecule has 0 amide bonds. The maximum absolute atomic E-state index is 10.4. The summed E-state index contributed by atoms with van der Waals surface area (Å²) in [6.45, 7) is 0. The molecule has 1 saturated carbocycles. The van der Waals surface area contributed by atoms with Gasteiger partial charge in [-0.1, -0.05) is 6.07 Å². The average molecular weight is 210 g/mol. The predicted octanol–water partition coefficient (Wildman–Crippen LogP) is 3.11. The monoisotopic (exact) mass is 210 g/mol. The van der Waals surface area contributed by atoms with Crippen LogP contribution in [-0.2, 0) is 4.79 Å². The van der Waals surface area contributed by atoms with Crippen LogP contribution in [0.2, 0.25) is 0 Å². The quantitative estimate of drug-likeness (QED) is 0.829. The Kier molecular flexibility index (Phi) is 2.87. The van der Waals surface area contributed by atoms with E-state index in [1.54, 1.807) is 0 Å². The van der Waals surface area contributed by atoms with Crippen LogP contribution in [0.4, 0.5) is 0 Å². The minimum atomic E-state index is -0.662. The number of aliphatic carboxylic acids is 1. The molecule has 1 fully saturated rings. The van der Waals surface area contributed by atoms with E-state index in [0.29, 0.717) is 18.3 Å². The molecule has 0 bridgehead atoms. The van der Waals surface area contributed by atoms with Gasteiger partial charge in [-0.2, -0.15) is 0 Å². The first-order chi connectivity index (χ1) is 6.75. The van der Waals surface area contributed by atoms with Crippen LogP contribution in [0.15, 0.2) is 17.5 Å². The van der Waals surface area contributed by atoms with Crippen LogP contribution < -0.4 is 0 Å². The second-order valence-electron chi connectivity index (χ2n) is 3.98. The van der Waals surface area contributed by atoms with Gasteiger partial charge >= 0.3 is 5.97 Å². The lowest BCUT2D eigenvalue weighted by atomic mass is 9.72. The zero-order valence-corrected chi connectivity index (χ0v) is 8.80. The number of carboxylic acid groups (broad SMARTS) is 1. The molecule has 0 atom stereocenters. The minimum Gasteiger partial charge on any atom is -0.481 e. The Hall–Kier alpha value is -0.830. The summed E-state index contributed by atoms with van der Waals surface area (Å²) >= 11 is 1.82. The first-order valence-corrected chi connectivity index (χ1v) is 5.89. The summed E-state index contributed by atoms with van der Waals surface area (Å²) in [4.78, 5) is 11.8. The van der Waals surface area contributed by atoms with Crippen molar-refractivity contribution in [3.05, 3.63) is 22.4 Å². The Labute approximate surface area is 87.6 Å². The Balaban J connectivity index is 1.72. The van der Waals surface area contributed by atoms with Crippen molar-refractivity contribution in [3.63, 3.8) is 0 Å². The smallest absolute Gasteiger partial charge is 0.303 e. The van der Waals surface area contributed by atoms with Gasteiger partial charge in [0, 0.05) is 11.3 Å². The molecule has 0 spiro atoms. The van der Waals surface area contributed by atoms with Gasteiger partial charge in [-0.05, 0) is 42.5 Å². The summed E-state index contributed by atoms with van der Waals surface area (Å²) in [5.74, 6) is 0.705. The van der Waals surface area contributed by atoms with Crippen LogP contribution in [0.3, 0.4) is 0 Å². The van der Waals surface area contributed by atoms with E-state index < -0.39 is 5.97 Å². The van der Waals surface area contributed by atoms with Crippen LogP contribution in [0.25, 0.3) is 0 Å². The highest BCUT2D eigenvalue weighted by Gasteiger charge is 2.30. The molecule has 3 heteroatoms. The fraction of sp³-hybridized carbons (Fsp3) is 0.545. The number of thiophene rings is 1. The lowest BCUT2D eigenvalue weighted by Crippen LogP contribution is -2.21. The third kappa shape index (κ3) is 2.15. The minimum absolute atomic E-state index is 0.335. The molecule has 1 aliphatic carbocycles. The first kappa shape index (κ1) is 9.71. The number of carboxylic acids is 1. The second-order valence-corrected chi connectivity index (χ2v) is 4.96. The molecular formula is C11H14O2S. The zero-order chi connectivity index (χ0) is 9.97. The molecule has 14 heavy (non-hydrogen) atoms. The molecule has 1 aromatic heterocycles. The predicted molar refractivity (Wildman–Crippen MR) is 56.7 cm³/mol. The van der Waals surface area contributed by atoms with Gasteiger partial charge in [0.25, 0.3) is 0 Å². The van der Waals surface area contributed by atoms with E-state index >= 15 is 0 Å². The van der Waals surface area contributed by atoms with Crippen molar-refractivity contribution in [1.29, 1.82) is 0 Å². The van der Waals surface area contributed by atoms with E-state index in [1.165, 1.54) is 17.7 Å². The van der Waals surface area contributed by atoms with E-state index in [4.69, 9.17) is 5.11 Å². The molecule has 0 aliphatic heterocycles. The van der Waals surface area contributed by atoms with Crippen molar-refractivity contribution in [2.75, 3.05) is 0 Å². The van der Waals surface area contributed by atoms with Crippen LogP contribution in [0.5, 0.6) is 0 Å². The Bertz CT molecular complexity index is 299. The Morgan fingerprint density at radius 2 is 2.36 bits per heavy atom. The fourth-order valence-electron chi connectivity index (χ4n) is 2.05. The topological polar surface area (TPSA) is 37.3 Å². The molecule has 0 saturated heterocycles. The molecule has 0 unspecified atom stereocenters. The summed E-state index contributed by atoms with van der Waals surface area (Å²) in [6, 6.07) is 4.27. The second kappa shape index (κ2) is 4.13. The Morgan fingerprint density at radius 1 is 1.57 bits per heavy atom. The van der Waals surface area contributed by atoms with Gasteiger partial charge in [0.1, 0.15) is 0 Å². The van der Waals surface area contributed by atoms with E-state index in [0.717, 1.165) is 6.42 Å². The van der Waals surface area contributed by atoms with E-state index in [-0.39, 0.29) is 0 Å². The molecule has 1 N–H and O–H groups in total. The molecule has 76 valence electrons. The lowest BCUT2D eigenvalue weighted by molar-refractivity contribution is -0.137. The molecule has 0 radical (unpaired) electrons. The third-order valence-electron chi connectivity index (χ3n) is 2.95. The van der Waals surface area contributed by atoms with Gasteiger partial charge in [-0.3, -0.25) is 4.79 Å². The van der Waals surface area contributed by atoms with Gasteiger partial charge in [-0.15, -0.1) is 11.3 Å². The number of hydrogen-bond acceptors (Lipinski definition) is 2. The summed E-state index contributed by atoms with van der Waals surface area (Å²) in [7, 11) is 0. The number of rotatable bonds is 4. The van der Waals surface area contributed by atoms with Crippen LogP contribution in [0.1, 0.15) is 36.5 Å². The highest BCUT2D eigenvalue weighted by atomic mass is 32.1. The molecule has 2 rings (SSSR count). The van der Waals surface area contributed by atoms with Gasteiger partial charge in [0.05, 0.1) is 0 Å². The van der Waals surface area contributed by atoms with E-state index in [9.17, 15) is 4.79 Å². The first-order valence-electron chi connectivity index (χ1n) is 5.01. The van der Waals surface area contributed by atoms with Gasteiger partial charge < -0.3 is 5.11 Å². The third-order valence-corrected chi connectivity index (χ3v) is 3.98. The lowest BCUT2D eigenvalue weighted by Gasteiger charge is -2.34. The summed E-state index contributed by atoms with van der Waals surface area (Å²) in [5, 5.41) is 10.6. The SMILES string of the molecule is O=C(O)CCC1CC(c2cccs2)C1.